The summed E-state index contributed by atoms with van der Waals surface area (Å²) < 4.78 is 10.6. The molecule has 0 atom stereocenters. The molecule has 0 unspecified atom stereocenters. The summed E-state index contributed by atoms with van der Waals surface area (Å²) in [5.41, 5.74) is 1.01. The molecule has 0 aliphatic rings. The number of furan rings is 1. The largest absolute Gasteiger partial charge is 0.478 e. The van der Waals surface area contributed by atoms with Crippen LogP contribution in [0.25, 0.3) is 11.3 Å². The van der Waals surface area contributed by atoms with E-state index < -0.39 is 5.97 Å². The lowest BCUT2D eigenvalue weighted by Gasteiger charge is -2.02. The molecule has 20 heavy (non-hydrogen) atoms. The van der Waals surface area contributed by atoms with E-state index in [0.717, 1.165) is 17.9 Å². The van der Waals surface area contributed by atoms with Gasteiger partial charge in [0.25, 0.3) is 0 Å². The van der Waals surface area contributed by atoms with Crippen LogP contribution in [0.15, 0.2) is 40.8 Å². The van der Waals surface area contributed by atoms with Gasteiger partial charge in [0.1, 0.15) is 11.5 Å². The van der Waals surface area contributed by atoms with Gasteiger partial charge in [0.05, 0.1) is 18.7 Å². The molecule has 0 saturated heterocycles. The standard InChI is InChI=1S/C15H17NO4/c1-19-8-7-16-10-13-5-6-14(20-13)11-3-2-4-12(9-11)15(17)18/h2-6,9,16H,7-8,10H2,1H3,(H,17,18). The molecule has 0 amide bonds. The first-order valence-corrected chi connectivity index (χ1v) is 6.33. The molecule has 2 N–H and O–H groups in total. The summed E-state index contributed by atoms with van der Waals surface area (Å²) in [7, 11) is 1.65. The number of methoxy groups -OCH3 is 1. The van der Waals surface area contributed by atoms with E-state index in [0.29, 0.717) is 18.9 Å². The normalized spacial score (nSPS) is 10.7. The molecule has 0 aliphatic heterocycles. The lowest BCUT2D eigenvalue weighted by molar-refractivity contribution is 0.0697. The average Bonchev–Trinajstić information content (AvgIpc) is 2.92. The van der Waals surface area contributed by atoms with Crippen LogP contribution in [0, 0.1) is 0 Å². The maximum absolute atomic E-state index is 10.9. The molecule has 1 heterocycles. The number of hydrogen-bond donors (Lipinski definition) is 2. The van der Waals surface area contributed by atoms with E-state index >= 15 is 0 Å². The van der Waals surface area contributed by atoms with E-state index in [1.165, 1.54) is 0 Å². The molecule has 0 aliphatic carbocycles. The van der Waals surface area contributed by atoms with Crippen molar-refractivity contribution in [3.05, 3.63) is 47.7 Å². The SMILES string of the molecule is COCCNCc1ccc(-c2cccc(C(=O)O)c2)o1. The van der Waals surface area contributed by atoms with Gasteiger partial charge in [-0.1, -0.05) is 12.1 Å². The summed E-state index contributed by atoms with van der Waals surface area (Å²) in [5.74, 6) is 0.522. The molecule has 0 spiro atoms. The first-order chi connectivity index (χ1) is 9.70. The highest BCUT2D eigenvalue weighted by molar-refractivity contribution is 5.89. The Balaban J connectivity index is 2.04. The third kappa shape index (κ3) is 3.69. The van der Waals surface area contributed by atoms with Crippen molar-refractivity contribution in [3.63, 3.8) is 0 Å². The Bertz CT molecular complexity index is 577. The van der Waals surface area contributed by atoms with Gasteiger partial charge in [-0.15, -0.1) is 0 Å². The summed E-state index contributed by atoms with van der Waals surface area (Å²) in [6, 6.07) is 10.4. The van der Waals surface area contributed by atoms with E-state index in [-0.39, 0.29) is 5.56 Å². The topological polar surface area (TPSA) is 71.7 Å². The second kappa shape index (κ2) is 6.88. The van der Waals surface area contributed by atoms with Gasteiger partial charge in [-0.25, -0.2) is 4.79 Å². The number of carbonyl (C=O) groups is 1. The number of rotatable bonds is 7. The van der Waals surface area contributed by atoms with E-state index in [2.05, 4.69) is 5.32 Å². The molecular weight excluding hydrogens is 258 g/mol. The Kier molecular flexibility index (Phi) is 4.92. The van der Waals surface area contributed by atoms with Crippen LogP contribution < -0.4 is 5.32 Å². The van der Waals surface area contributed by atoms with Crippen molar-refractivity contribution in [2.24, 2.45) is 0 Å². The zero-order valence-corrected chi connectivity index (χ0v) is 11.3. The van der Waals surface area contributed by atoms with Gasteiger partial charge in [-0.05, 0) is 24.3 Å². The van der Waals surface area contributed by atoms with E-state index in [1.807, 2.05) is 18.2 Å². The van der Waals surface area contributed by atoms with E-state index in [1.54, 1.807) is 25.3 Å². The van der Waals surface area contributed by atoms with Gasteiger partial charge < -0.3 is 19.6 Å². The highest BCUT2D eigenvalue weighted by atomic mass is 16.5. The summed E-state index contributed by atoms with van der Waals surface area (Å²) in [6.07, 6.45) is 0. The van der Waals surface area contributed by atoms with E-state index in [4.69, 9.17) is 14.3 Å². The van der Waals surface area contributed by atoms with Crippen molar-refractivity contribution >= 4 is 5.97 Å². The first kappa shape index (κ1) is 14.3. The molecule has 106 valence electrons. The summed E-state index contributed by atoms with van der Waals surface area (Å²) in [5, 5.41) is 12.2. The second-order valence-electron chi connectivity index (χ2n) is 4.32. The summed E-state index contributed by atoms with van der Waals surface area (Å²) in [6.45, 7) is 2.01. The fourth-order valence-corrected chi connectivity index (χ4v) is 1.82. The highest BCUT2D eigenvalue weighted by Gasteiger charge is 2.08. The number of carboxylic acid groups (broad SMARTS) is 1. The lowest BCUT2D eigenvalue weighted by atomic mass is 10.1. The van der Waals surface area contributed by atoms with Crippen LogP contribution in [0.2, 0.25) is 0 Å². The number of carboxylic acids is 1. The van der Waals surface area contributed by atoms with Crippen LogP contribution in [0.1, 0.15) is 16.1 Å². The third-order valence-corrected chi connectivity index (χ3v) is 2.84. The number of hydrogen-bond acceptors (Lipinski definition) is 4. The van der Waals surface area contributed by atoms with Crippen LogP contribution in [0.4, 0.5) is 0 Å². The Morgan fingerprint density at radius 1 is 1.35 bits per heavy atom. The molecule has 0 saturated carbocycles. The van der Waals surface area contributed by atoms with Crippen LogP contribution in [0.3, 0.4) is 0 Å². The van der Waals surface area contributed by atoms with Gasteiger partial charge in [-0.3, -0.25) is 0 Å². The fourth-order valence-electron chi connectivity index (χ4n) is 1.82. The third-order valence-electron chi connectivity index (χ3n) is 2.84. The highest BCUT2D eigenvalue weighted by Crippen LogP contribution is 2.23. The summed E-state index contributed by atoms with van der Waals surface area (Å²) in [4.78, 5) is 10.9. The van der Waals surface area contributed by atoms with Crippen molar-refractivity contribution < 1.29 is 19.1 Å². The number of ether oxygens (including phenoxy) is 1. The second-order valence-corrected chi connectivity index (χ2v) is 4.32. The predicted octanol–water partition coefficient (Wildman–Crippen LogP) is 2.38. The molecule has 1 aromatic carbocycles. The quantitative estimate of drug-likeness (QED) is 0.759. The summed E-state index contributed by atoms with van der Waals surface area (Å²) >= 11 is 0. The molecule has 5 heteroatoms. The van der Waals surface area contributed by atoms with E-state index in [9.17, 15) is 4.79 Å². The number of nitrogens with one attached hydrogen (secondary N) is 1. The van der Waals surface area contributed by atoms with Gasteiger partial charge >= 0.3 is 5.97 Å². The van der Waals surface area contributed by atoms with Crippen molar-refractivity contribution in [1.82, 2.24) is 5.32 Å². The fraction of sp³-hybridized carbons (Fsp3) is 0.267. The minimum absolute atomic E-state index is 0.249. The van der Waals surface area contributed by atoms with Crippen molar-refractivity contribution in [2.75, 3.05) is 20.3 Å². The van der Waals surface area contributed by atoms with Gasteiger partial charge in [-0.2, -0.15) is 0 Å². The Labute approximate surface area is 117 Å². The monoisotopic (exact) mass is 275 g/mol. The zero-order valence-electron chi connectivity index (χ0n) is 11.3. The molecule has 0 bridgehead atoms. The van der Waals surface area contributed by atoms with Crippen molar-refractivity contribution in [2.45, 2.75) is 6.54 Å². The lowest BCUT2D eigenvalue weighted by Crippen LogP contribution is -2.18. The molecule has 2 rings (SSSR count). The van der Waals surface area contributed by atoms with Gasteiger partial charge in [0, 0.05) is 19.2 Å². The van der Waals surface area contributed by atoms with Gasteiger partial charge in [0.2, 0.25) is 0 Å². The smallest absolute Gasteiger partial charge is 0.335 e. The number of benzene rings is 1. The first-order valence-electron chi connectivity index (χ1n) is 6.33. The molecule has 2 aromatic rings. The van der Waals surface area contributed by atoms with Crippen molar-refractivity contribution in [3.8, 4) is 11.3 Å². The maximum Gasteiger partial charge on any atom is 0.335 e. The molecule has 0 fully saturated rings. The van der Waals surface area contributed by atoms with Crippen LogP contribution in [-0.4, -0.2) is 31.3 Å². The molecule has 0 radical (unpaired) electrons. The van der Waals surface area contributed by atoms with Gasteiger partial charge in [0.15, 0.2) is 0 Å². The minimum atomic E-state index is -0.945. The van der Waals surface area contributed by atoms with Crippen LogP contribution >= 0.6 is 0 Å². The Hall–Kier alpha value is -2.11. The van der Waals surface area contributed by atoms with Crippen LogP contribution in [-0.2, 0) is 11.3 Å². The Morgan fingerprint density at radius 3 is 2.95 bits per heavy atom. The Morgan fingerprint density at radius 2 is 2.20 bits per heavy atom. The predicted molar refractivity (Wildman–Crippen MR) is 74.7 cm³/mol. The average molecular weight is 275 g/mol. The molecular formula is C15H17NO4. The maximum atomic E-state index is 10.9. The molecule has 5 nitrogen and oxygen atoms in total. The minimum Gasteiger partial charge on any atom is -0.478 e. The molecule has 1 aromatic heterocycles. The van der Waals surface area contributed by atoms with Crippen LogP contribution in [0.5, 0.6) is 0 Å². The van der Waals surface area contributed by atoms with Crippen molar-refractivity contribution in [1.29, 1.82) is 0 Å². The zero-order chi connectivity index (χ0) is 14.4. The number of aromatic carboxylic acids is 1.